The molecule has 0 fully saturated rings. The zero-order valence-corrected chi connectivity index (χ0v) is 14.9. The van der Waals surface area contributed by atoms with Crippen LogP contribution in [0.1, 0.15) is 27.4 Å². The minimum absolute atomic E-state index is 0.122. The number of carboxylic acids is 1. The van der Waals surface area contributed by atoms with Crippen LogP contribution in [0.25, 0.3) is 17.4 Å². The molecule has 3 rings (SSSR count). The first-order valence-corrected chi connectivity index (χ1v) is 8.35. The highest BCUT2D eigenvalue weighted by Crippen LogP contribution is 2.28. The van der Waals surface area contributed by atoms with Gasteiger partial charge in [0.25, 0.3) is 5.91 Å². The summed E-state index contributed by atoms with van der Waals surface area (Å²) in [6.07, 6.45) is 2.83. The first kappa shape index (κ1) is 18.7. The lowest BCUT2D eigenvalue weighted by Crippen LogP contribution is -2.23. The fourth-order valence-electron chi connectivity index (χ4n) is 2.68. The van der Waals surface area contributed by atoms with Gasteiger partial charge < -0.3 is 19.3 Å². The van der Waals surface area contributed by atoms with Gasteiger partial charge in [-0.3, -0.25) is 4.79 Å². The Morgan fingerprint density at radius 2 is 2.04 bits per heavy atom. The van der Waals surface area contributed by atoms with Gasteiger partial charge in [-0.25, -0.2) is 4.79 Å². The molecule has 0 saturated carbocycles. The monoisotopic (exact) mass is 376 g/mol. The molecule has 0 bridgehead atoms. The van der Waals surface area contributed by atoms with Gasteiger partial charge in [0.1, 0.15) is 28.9 Å². The smallest absolute Gasteiger partial charge is 0.335 e. The van der Waals surface area contributed by atoms with E-state index in [1.54, 1.807) is 43.3 Å². The third kappa shape index (κ3) is 4.02. The highest BCUT2D eigenvalue weighted by Gasteiger charge is 2.15. The average Bonchev–Trinajstić information content (AvgIpc) is 3.36. The molecule has 28 heavy (non-hydrogen) atoms. The summed E-state index contributed by atoms with van der Waals surface area (Å²) in [5.41, 5.74) is 1.25. The summed E-state index contributed by atoms with van der Waals surface area (Å²) in [5.74, 6) is -0.258. The lowest BCUT2D eigenvalue weighted by atomic mass is 10.0. The largest absolute Gasteiger partial charge is 0.478 e. The van der Waals surface area contributed by atoms with Crippen LogP contribution in [0.5, 0.6) is 0 Å². The molecule has 0 spiro atoms. The number of nitrogens with zero attached hydrogens (tertiary/aromatic N) is 1. The number of hydrogen-bond donors (Lipinski definition) is 2. The van der Waals surface area contributed by atoms with Gasteiger partial charge >= 0.3 is 5.97 Å². The topological polar surface area (TPSA) is 116 Å². The summed E-state index contributed by atoms with van der Waals surface area (Å²) in [6, 6.07) is 13.4. The number of nitriles is 1. The van der Waals surface area contributed by atoms with Gasteiger partial charge in [-0.2, -0.15) is 5.26 Å². The second-order valence-electron chi connectivity index (χ2n) is 5.92. The van der Waals surface area contributed by atoms with E-state index in [2.05, 4.69) is 5.32 Å². The molecule has 0 unspecified atom stereocenters. The average molecular weight is 376 g/mol. The van der Waals surface area contributed by atoms with Crippen LogP contribution in [0.15, 0.2) is 63.1 Å². The van der Waals surface area contributed by atoms with Crippen LogP contribution in [0.4, 0.5) is 0 Å². The van der Waals surface area contributed by atoms with Crippen LogP contribution in [0, 0.1) is 18.3 Å². The van der Waals surface area contributed by atoms with Crippen LogP contribution in [-0.2, 0) is 11.3 Å². The van der Waals surface area contributed by atoms with Crippen molar-refractivity contribution in [1.29, 1.82) is 5.26 Å². The van der Waals surface area contributed by atoms with E-state index in [1.165, 1.54) is 18.4 Å². The lowest BCUT2D eigenvalue weighted by Gasteiger charge is -2.06. The Hall–Kier alpha value is -4.05. The van der Waals surface area contributed by atoms with Crippen LogP contribution >= 0.6 is 0 Å². The van der Waals surface area contributed by atoms with Crippen molar-refractivity contribution in [3.8, 4) is 17.4 Å². The van der Waals surface area contributed by atoms with Gasteiger partial charge in [-0.1, -0.05) is 12.1 Å². The van der Waals surface area contributed by atoms with Gasteiger partial charge in [0.2, 0.25) is 0 Å². The number of benzene rings is 1. The van der Waals surface area contributed by atoms with Crippen molar-refractivity contribution < 1.29 is 23.5 Å². The van der Waals surface area contributed by atoms with Gasteiger partial charge in [-0.05, 0) is 42.8 Å². The summed E-state index contributed by atoms with van der Waals surface area (Å²) >= 11 is 0. The molecule has 140 valence electrons. The maximum absolute atomic E-state index is 12.2. The van der Waals surface area contributed by atoms with E-state index in [1.807, 2.05) is 6.07 Å². The summed E-state index contributed by atoms with van der Waals surface area (Å²) < 4.78 is 10.8. The SMILES string of the molecule is Cc1c(C(=O)O)cccc1-c1ccc(/C=C(\C#N)C(=O)NCc2ccco2)o1. The zero-order chi connectivity index (χ0) is 20.1. The molecule has 7 nitrogen and oxygen atoms in total. The second-order valence-corrected chi connectivity index (χ2v) is 5.92. The number of hydrogen-bond acceptors (Lipinski definition) is 5. The van der Waals surface area contributed by atoms with Crippen LogP contribution in [0.2, 0.25) is 0 Å². The molecule has 3 aromatic rings. The van der Waals surface area contributed by atoms with Crippen molar-refractivity contribution in [2.45, 2.75) is 13.5 Å². The molecule has 1 aromatic carbocycles. The fraction of sp³-hybridized carbons (Fsp3) is 0.0952. The van der Waals surface area contributed by atoms with Crippen molar-refractivity contribution in [3.63, 3.8) is 0 Å². The standard InChI is InChI=1S/C21H16N2O5/c1-13-17(5-2-6-18(13)21(25)26)19-8-7-15(28-19)10-14(11-22)20(24)23-12-16-4-3-9-27-16/h2-10H,12H2,1H3,(H,23,24)(H,25,26)/b14-10+. The molecule has 2 aromatic heterocycles. The number of amides is 1. The molecule has 0 saturated heterocycles. The summed E-state index contributed by atoms with van der Waals surface area (Å²) in [6.45, 7) is 1.86. The predicted octanol–water partition coefficient (Wildman–Crippen LogP) is 3.77. The lowest BCUT2D eigenvalue weighted by molar-refractivity contribution is -0.117. The Labute approximate surface area is 160 Å². The zero-order valence-electron chi connectivity index (χ0n) is 14.9. The molecule has 0 aliphatic carbocycles. The van der Waals surface area contributed by atoms with E-state index < -0.39 is 11.9 Å². The maximum Gasteiger partial charge on any atom is 0.335 e. The third-order valence-electron chi connectivity index (χ3n) is 4.11. The highest BCUT2D eigenvalue weighted by molar-refractivity contribution is 6.01. The predicted molar refractivity (Wildman–Crippen MR) is 100.0 cm³/mol. The van der Waals surface area contributed by atoms with Crippen LogP contribution in [0.3, 0.4) is 0 Å². The molecule has 2 heterocycles. The van der Waals surface area contributed by atoms with Crippen LogP contribution in [-0.4, -0.2) is 17.0 Å². The molecule has 0 radical (unpaired) electrons. The first-order chi connectivity index (χ1) is 13.5. The first-order valence-electron chi connectivity index (χ1n) is 8.35. The number of carboxylic acid groups (broad SMARTS) is 1. The number of furan rings is 2. The van der Waals surface area contributed by atoms with E-state index in [0.29, 0.717) is 28.4 Å². The third-order valence-corrected chi connectivity index (χ3v) is 4.11. The Kier molecular flexibility index (Phi) is 5.42. The Bertz CT molecular complexity index is 1080. The maximum atomic E-state index is 12.2. The quantitative estimate of drug-likeness (QED) is 0.500. The second kappa shape index (κ2) is 8.10. The summed E-state index contributed by atoms with van der Waals surface area (Å²) in [7, 11) is 0. The highest BCUT2D eigenvalue weighted by atomic mass is 16.4. The molecular weight excluding hydrogens is 360 g/mol. The molecule has 0 aliphatic heterocycles. The van der Waals surface area contributed by atoms with Gasteiger partial charge in [-0.15, -0.1) is 0 Å². The van der Waals surface area contributed by atoms with E-state index >= 15 is 0 Å². The van der Waals surface area contributed by atoms with E-state index in [4.69, 9.17) is 8.83 Å². The minimum Gasteiger partial charge on any atom is -0.478 e. The molecule has 1 amide bonds. The molecule has 0 aliphatic rings. The van der Waals surface area contributed by atoms with Crippen molar-refractivity contribution in [2.24, 2.45) is 0 Å². The van der Waals surface area contributed by atoms with E-state index in [-0.39, 0.29) is 17.7 Å². The Morgan fingerprint density at radius 1 is 1.21 bits per heavy atom. The van der Waals surface area contributed by atoms with Gasteiger partial charge in [0, 0.05) is 11.6 Å². The van der Waals surface area contributed by atoms with Gasteiger partial charge in [0.15, 0.2) is 0 Å². The van der Waals surface area contributed by atoms with Crippen LogP contribution < -0.4 is 5.32 Å². The summed E-state index contributed by atoms with van der Waals surface area (Å²) in [4.78, 5) is 23.5. The number of carbonyl (C=O) groups is 2. The van der Waals surface area contributed by atoms with E-state index in [9.17, 15) is 20.0 Å². The molecular formula is C21H16N2O5. The Balaban J connectivity index is 1.81. The number of rotatable bonds is 6. The number of aromatic carboxylic acids is 1. The van der Waals surface area contributed by atoms with Crippen molar-refractivity contribution in [1.82, 2.24) is 5.32 Å². The Morgan fingerprint density at radius 3 is 2.71 bits per heavy atom. The van der Waals surface area contributed by atoms with Gasteiger partial charge in [0.05, 0.1) is 18.4 Å². The molecule has 0 atom stereocenters. The minimum atomic E-state index is -1.02. The fourth-order valence-corrected chi connectivity index (χ4v) is 2.68. The van der Waals surface area contributed by atoms with Crippen molar-refractivity contribution >= 4 is 18.0 Å². The van der Waals surface area contributed by atoms with Crippen molar-refractivity contribution in [2.75, 3.05) is 0 Å². The summed E-state index contributed by atoms with van der Waals surface area (Å²) in [5, 5.41) is 21.1. The van der Waals surface area contributed by atoms with E-state index in [0.717, 1.165) is 0 Å². The van der Waals surface area contributed by atoms with Crippen molar-refractivity contribution in [3.05, 3.63) is 76.9 Å². The molecule has 2 N–H and O–H groups in total. The number of nitrogens with one attached hydrogen (secondary N) is 1. The number of carbonyl (C=O) groups excluding carboxylic acids is 1. The molecule has 7 heteroatoms. The normalized spacial score (nSPS) is 11.1.